The number of aromatic nitrogens is 1. The van der Waals surface area contributed by atoms with Crippen molar-refractivity contribution in [2.24, 2.45) is 5.41 Å². The normalized spacial score (nSPS) is 12.8. The van der Waals surface area contributed by atoms with E-state index in [9.17, 15) is 32.6 Å². The molecule has 0 amide bonds. The van der Waals surface area contributed by atoms with Crippen LogP contribution in [0.3, 0.4) is 0 Å². The lowest BCUT2D eigenvalue weighted by molar-refractivity contribution is -0.383. The summed E-state index contributed by atoms with van der Waals surface area (Å²) in [6.45, 7) is 5.73. The van der Waals surface area contributed by atoms with Gasteiger partial charge in [-0.15, -0.1) is 0 Å². The highest BCUT2D eigenvalue weighted by Gasteiger charge is 2.32. The van der Waals surface area contributed by atoms with Crippen LogP contribution in [0, 0.1) is 15.5 Å². The first-order valence-electron chi connectivity index (χ1n) is 9.71. The molecule has 0 bridgehead atoms. The Morgan fingerprint density at radius 2 is 1.88 bits per heavy atom. The lowest BCUT2D eigenvalue weighted by Gasteiger charge is -2.16. The maximum Gasteiger partial charge on any atom is 0.417 e. The van der Waals surface area contributed by atoms with Crippen molar-refractivity contribution in [1.29, 1.82) is 0 Å². The van der Waals surface area contributed by atoms with Crippen LogP contribution in [0.25, 0.3) is 0 Å². The van der Waals surface area contributed by atoms with E-state index in [4.69, 9.17) is 25.6 Å². The van der Waals surface area contributed by atoms with Crippen molar-refractivity contribution in [2.45, 2.75) is 40.3 Å². The quantitative estimate of drug-likeness (QED) is 0.142. The number of rotatable bonds is 8. The summed E-state index contributed by atoms with van der Waals surface area (Å²) in [6, 6.07) is 2.80. The van der Waals surface area contributed by atoms with E-state index < -0.39 is 53.6 Å². The zero-order valence-corrected chi connectivity index (χ0v) is 20.2. The SMILES string of the molecule is CCc1cc([N+](=O)[O-])c([PH](=O)OCOC(=O)C(C)(C)C)cc1Oc1ncc(C(F)(F)F)cc1Cl. The smallest absolute Gasteiger partial charge is 0.417 e. The second kappa shape index (κ2) is 10.7. The van der Waals surface area contributed by atoms with Gasteiger partial charge in [0.15, 0.2) is 6.79 Å². The topological polar surface area (TPSA) is 118 Å². The number of halogens is 4. The Morgan fingerprint density at radius 1 is 1.24 bits per heavy atom. The number of hydrogen-bond donors (Lipinski definition) is 0. The van der Waals surface area contributed by atoms with Crippen molar-refractivity contribution in [1.82, 2.24) is 4.98 Å². The van der Waals surface area contributed by atoms with Crippen LogP contribution in [-0.4, -0.2) is 22.7 Å². The molecule has 0 fully saturated rings. The third kappa shape index (κ3) is 6.91. The highest BCUT2D eigenvalue weighted by atomic mass is 35.5. The zero-order chi connectivity index (χ0) is 25.8. The molecule has 0 aliphatic carbocycles. The van der Waals surface area contributed by atoms with E-state index in [0.717, 1.165) is 12.1 Å². The van der Waals surface area contributed by atoms with Gasteiger partial charge in [0.1, 0.15) is 16.1 Å². The van der Waals surface area contributed by atoms with E-state index in [1.807, 2.05) is 0 Å². The van der Waals surface area contributed by atoms with Crippen molar-refractivity contribution in [3.63, 3.8) is 0 Å². The molecule has 9 nitrogen and oxygen atoms in total. The third-order valence-corrected chi connectivity index (χ3v) is 5.80. The predicted octanol–water partition coefficient (Wildman–Crippen LogP) is 5.68. The number of carbonyl (C=O) groups is 1. The lowest BCUT2D eigenvalue weighted by atomic mass is 9.98. The molecule has 1 heterocycles. The Kier molecular flexibility index (Phi) is 8.68. The molecule has 1 aromatic heterocycles. The Hall–Kier alpha value is -2.69. The maximum atomic E-state index is 12.8. The molecule has 0 N–H and O–H groups in total. The van der Waals surface area contributed by atoms with Crippen molar-refractivity contribution < 1.29 is 41.5 Å². The molecule has 0 radical (unpaired) electrons. The average molecular weight is 525 g/mol. The number of hydrogen-bond acceptors (Lipinski definition) is 8. The largest absolute Gasteiger partial charge is 0.438 e. The number of nitro groups is 1. The molecule has 1 unspecified atom stereocenters. The molecule has 2 rings (SSSR count). The highest BCUT2D eigenvalue weighted by molar-refractivity contribution is 7.48. The molecule has 0 saturated heterocycles. The minimum atomic E-state index is -4.67. The number of pyridine rings is 1. The standard InChI is InChI=1S/C20H21ClF3N2O7P/c1-5-11-6-14(26(28)29)16(34(30)32-10-31-18(27)19(2,3)4)8-15(11)33-17-13(21)7-12(9-25-17)20(22,23)24/h6-9,34H,5,10H2,1-4H3. The van der Waals surface area contributed by atoms with Crippen LogP contribution in [0.15, 0.2) is 24.4 Å². The molecule has 0 spiro atoms. The number of nitrogens with zero attached hydrogens (tertiary/aromatic N) is 2. The number of alkyl halides is 3. The number of benzene rings is 1. The molecule has 2 aromatic rings. The Labute approximate surface area is 198 Å². The number of ether oxygens (including phenoxy) is 2. The zero-order valence-electron chi connectivity index (χ0n) is 18.5. The minimum absolute atomic E-state index is 0.0640. The first-order valence-corrected chi connectivity index (χ1v) is 11.4. The summed E-state index contributed by atoms with van der Waals surface area (Å²) < 4.78 is 66.6. The van der Waals surface area contributed by atoms with Gasteiger partial charge in [0.25, 0.3) is 5.69 Å². The van der Waals surface area contributed by atoms with E-state index in [2.05, 4.69) is 4.98 Å². The summed E-state index contributed by atoms with van der Waals surface area (Å²) in [4.78, 5) is 26.1. The maximum absolute atomic E-state index is 12.8. The first-order chi connectivity index (χ1) is 15.6. The van der Waals surface area contributed by atoms with Crippen LogP contribution in [0.1, 0.15) is 38.8 Å². The van der Waals surface area contributed by atoms with Crippen LogP contribution in [0.5, 0.6) is 11.6 Å². The number of nitro benzene ring substituents is 1. The molecule has 1 aromatic carbocycles. The molecule has 1 atom stereocenters. The monoisotopic (exact) mass is 524 g/mol. The summed E-state index contributed by atoms with van der Waals surface area (Å²) in [5.74, 6) is -1.08. The van der Waals surface area contributed by atoms with Gasteiger partial charge in [-0.25, -0.2) is 4.98 Å². The van der Waals surface area contributed by atoms with Gasteiger partial charge in [-0.05, 0) is 33.3 Å². The number of aryl methyl sites for hydroxylation is 1. The summed E-state index contributed by atoms with van der Waals surface area (Å²) in [5, 5.41) is 10.7. The minimum Gasteiger partial charge on any atom is -0.438 e. The average Bonchev–Trinajstić information content (AvgIpc) is 2.72. The van der Waals surface area contributed by atoms with Crippen molar-refractivity contribution in [2.75, 3.05) is 6.79 Å². The summed E-state index contributed by atoms with van der Waals surface area (Å²) in [5.41, 5.74) is -2.18. The molecule has 14 heteroatoms. The summed E-state index contributed by atoms with van der Waals surface area (Å²) >= 11 is 5.88. The Bertz CT molecular complexity index is 1120. The fraction of sp³-hybridized carbons (Fsp3) is 0.400. The number of carbonyl (C=O) groups excluding carboxylic acids is 1. The van der Waals surface area contributed by atoms with Gasteiger partial charge in [0.2, 0.25) is 13.9 Å². The molecule has 0 aliphatic rings. The third-order valence-electron chi connectivity index (χ3n) is 4.31. The highest BCUT2D eigenvalue weighted by Crippen LogP contribution is 2.38. The van der Waals surface area contributed by atoms with Crippen LogP contribution in [-0.2, 0) is 31.2 Å². The molecular formula is C20H21ClF3N2O7P. The van der Waals surface area contributed by atoms with Crippen LogP contribution in [0.2, 0.25) is 5.02 Å². The van der Waals surface area contributed by atoms with Crippen molar-refractivity contribution in [3.8, 4) is 11.6 Å². The first kappa shape index (κ1) is 27.6. The van der Waals surface area contributed by atoms with E-state index in [-0.39, 0.29) is 28.9 Å². The fourth-order valence-electron chi connectivity index (χ4n) is 2.49. The van der Waals surface area contributed by atoms with Gasteiger partial charge in [-0.3, -0.25) is 24.0 Å². The van der Waals surface area contributed by atoms with E-state index >= 15 is 0 Å². The van der Waals surface area contributed by atoms with E-state index in [1.54, 1.807) is 27.7 Å². The molecule has 186 valence electrons. The fourth-order valence-corrected chi connectivity index (χ4v) is 3.64. The van der Waals surface area contributed by atoms with Gasteiger partial charge in [-0.2, -0.15) is 13.2 Å². The van der Waals surface area contributed by atoms with Gasteiger partial charge in [0, 0.05) is 23.9 Å². The van der Waals surface area contributed by atoms with E-state index in [0.29, 0.717) is 12.3 Å². The molecule has 34 heavy (non-hydrogen) atoms. The predicted molar refractivity (Wildman–Crippen MR) is 117 cm³/mol. The van der Waals surface area contributed by atoms with Crippen molar-refractivity contribution in [3.05, 3.63) is 50.7 Å². The molecule has 0 aliphatic heterocycles. The summed E-state index contributed by atoms with van der Waals surface area (Å²) in [7, 11) is -3.31. The van der Waals surface area contributed by atoms with Gasteiger partial charge < -0.3 is 9.47 Å². The summed E-state index contributed by atoms with van der Waals surface area (Å²) in [6.07, 6.45) is -3.92. The lowest BCUT2D eigenvalue weighted by Crippen LogP contribution is -2.23. The van der Waals surface area contributed by atoms with Gasteiger partial charge in [-0.1, -0.05) is 18.5 Å². The van der Waals surface area contributed by atoms with Crippen LogP contribution >= 0.6 is 19.6 Å². The van der Waals surface area contributed by atoms with Crippen molar-refractivity contribution >= 4 is 36.6 Å². The van der Waals surface area contributed by atoms with Crippen LogP contribution in [0.4, 0.5) is 18.9 Å². The second-order valence-corrected chi connectivity index (χ2v) is 9.74. The van der Waals surface area contributed by atoms with Gasteiger partial charge >= 0.3 is 12.1 Å². The van der Waals surface area contributed by atoms with Gasteiger partial charge in [0.05, 0.1) is 15.9 Å². The Balaban J connectivity index is 2.37. The number of esters is 1. The van der Waals surface area contributed by atoms with E-state index in [1.165, 1.54) is 0 Å². The second-order valence-electron chi connectivity index (χ2n) is 7.93. The Morgan fingerprint density at radius 3 is 2.38 bits per heavy atom. The molecule has 0 saturated carbocycles. The molecular weight excluding hydrogens is 504 g/mol. The van der Waals surface area contributed by atoms with Crippen LogP contribution < -0.4 is 10.0 Å².